The Kier molecular flexibility index (Phi) is 4.06. The number of ether oxygens (including phenoxy) is 1. The van der Waals surface area contributed by atoms with Crippen LogP contribution in [-0.2, 0) is 10.8 Å². The molecule has 0 saturated heterocycles. The number of hydrogen-bond donors (Lipinski definition) is 0. The summed E-state index contributed by atoms with van der Waals surface area (Å²) in [6.45, 7) is 13.6. The van der Waals surface area contributed by atoms with Crippen LogP contribution in [0, 0.1) is 0 Å². The Hall–Kier alpha value is -1.50. The molecule has 0 unspecified atom stereocenters. The first kappa shape index (κ1) is 15.9. The molecule has 1 heteroatoms. The van der Waals surface area contributed by atoms with Gasteiger partial charge in [-0.2, -0.15) is 0 Å². The highest BCUT2D eigenvalue weighted by molar-refractivity contribution is 5.81. The van der Waals surface area contributed by atoms with Crippen LogP contribution in [0.25, 0.3) is 5.57 Å². The lowest BCUT2D eigenvalue weighted by molar-refractivity contribution is 0.395. The molecule has 0 spiro atoms. The van der Waals surface area contributed by atoms with Crippen LogP contribution in [0.4, 0.5) is 0 Å². The SMILES string of the molecule is COc1c(C2=CCC=C2)cc(C(C)(C)C)cc1C(C)(C)C. The van der Waals surface area contributed by atoms with Gasteiger partial charge in [0.2, 0.25) is 0 Å². The largest absolute Gasteiger partial charge is 0.496 e. The van der Waals surface area contributed by atoms with Crippen LogP contribution in [0.5, 0.6) is 5.75 Å². The van der Waals surface area contributed by atoms with Gasteiger partial charge in [0.1, 0.15) is 5.75 Å². The third-order valence-electron chi connectivity index (χ3n) is 4.05. The molecule has 0 bridgehead atoms. The minimum atomic E-state index is 0.0598. The Morgan fingerprint density at radius 2 is 1.62 bits per heavy atom. The summed E-state index contributed by atoms with van der Waals surface area (Å²) in [6, 6.07) is 4.62. The van der Waals surface area contributed by atoms with Gasteiger partial charge in [0.05, 0.1) is 7.11 Å². The number of hydrogen-bond acceptors (Lipinski definition) is 1. The highest BCUT2D eigenvalue weighted by Gasteiger charge is 2.26. The molecule has 1 aromatic rings. The molecule has 0 radical (unpaired) electrons. The van der Waals surface area contributed by atoms with Crippen LogP contribution < -0.4 is 4.74 Å². The smallest absolute Gasteiger partial charge is 0.130 e. The third kappa shape index (κ3) is 3.23. The average Bonchev–Trinajstić information content (AvgIpc) is 2.88. The molecular weight excluding hydrogens is 256 g/mol. The third-order valence-corrected chi connectivity index (χ3v) is 4.05. The molecule has 0 N–H and O–H groups in total. The van der Waals surface area contributed by atoms with Gasteiger partial charge in [-0.05, 0) is 34.5 Å². The van der Waals surface area contributed by atoms with Crippen molar-refractivity contribution in [2.45, 2.75) is 58.8 Å². The standard InChI is InChI=1S/C20H28O/c1-19(2,3)15-12-16(14-10-8-9-11-14)18(21-7)17(13-15)20(4,5)6/h8,10-13H,9H2,1-7H3. The van der Waals surface area contributed by atoms with Crippen molar-refractivity contribution in [1.29, 1.82) is 0 Å². The second-order valence-corrected chi connectivity index (χ2v) is 7.90. The fraction of sp³-hybridized carbons (Fsp3) is 0.500. The van der Waals surface area contributed by atoms with E-state index < -0.39 is 0 Å². The van der Waals surface area contributed by atoms with E-state index in [2.05, 4.69) is 71.9 Å². The first-order valence-electron chi connectivity index (χ1n) is 7.74. The lowest BCUT2D eigenvalue weighted by Crippen LogP contribution is -2.18. The highest BCUT2D eigenvalue weighted by Crippen LogP contribution is 2.41. The lowest BCUT2D eigenvalue weighted by Gasteiger charge is -2.29. The van der Waals surface area contributed by atoms with Crippen molar-refractivity contribution in [3.8, 4) is 5.75 Å². The van der Waals surface area contributed by atoms with Crippen LogP contribution in [0.15, 0.2) is 30.4 Å². The minimum absolute atomic E-state index is 0.0598. The Morgan fingerprint density at radius 1 is 0.952 bits per heavy atom. The molecule has 0 aliphatic heterocycles. The molecule has 21 heavy (non-hydrogen) atoms. The zero-order valence-corrected chi connectivity index (χ0v) is 14.5. The molecule has 114 valence electrons. The molecule has 0 amide bonds. The molecule has 0 atom stereocenters. The second kappa shape index (κ2) is 5.36. The Bertz CT molecular complexity index is 589. The maximum Gasteiger partial charge on any atom is 0.130 e. The highest BCUT2D eigenvalue weighted by atomic mass is 16.5. The fourth-order valence-electron chi connectivity index (χ4n) is 2.71. The van der Waals surface area contributed by atoms with E-state index in [1.807, 2.05) is 0 Å². The maximum atomic E-state index is 5.81. The number of rotatable bonds is 2. The Morgan fingerprint density at radius 3 is 2.05 bits per heavy atom. The molecule has 1 aromatic carbocycles. The normalized spacial score (nSPS) is 15.3. The second-order valence-electron chi connectivity index (χ2n) is 7.90. The quantitative estimate of drug-likeness (QED) is 0.683. The van der Waals surface area contributed by atoms with Gasteiger partial charge < -0.3 is 4.74 Å². The van der Waals surface area contributed by atoms with E-state index in [4.69, 9.17) is 4.74 Å². The van der Waals surface area contributed by atoms with Gasteiger partial charge in [0, 0.05) is 11.1 Å². The molecule has 0 heterocycles. The van der Waals surface area contributed by atoms with Gasteiger partial charge in [-0.15, -0.1) is 0 Å². The first-order valence-corrected chi connectivity index (χ1v) is 7.74. The van der Waals surface area contributed by atoms with E-state index in [-0.39, 0.29) is 10.8 Å². The van der Waals surface area contributed by atoms with E-state index in [0.717, 1.165) is 12.2 Å². The van der Waals surface area contributed by atoms with Crippen LogP contribution in [0.3, 0.4) is 0 Å². The monoisotopic (exact) mass is 284 g/mol. The van der Waals surface area contributed by atoms with Crippen molar-refractivity contribution in [3.05, 3.63) is 47.1 Å². The van der Waals surface area contributed by atoms with Crippen LogP contribution in [0.1, 0.15) is 64.7 Å². The van der Waals surface area contributed by atoms with E-state index in [0.29, 0.717) is 0 Å². The molecule has 0 aromatic heterocycles. The summed E-state index contributed by atoms with van der Waals surface area (Å²) >= 11 is 0. The zero-order valence-electron chi connectivity index (χ0n) is 14.5. The van der Waals surface area contributed by atoms with Crippen molar-refractivity contribution in [2.24, 2.45) is 0 Å². The van der Waals surface area contributed by atoms with Gasteiger partial charge in [0.15, 0.2) is 0 Å². The predicted octanol–water partition coefficient (Wildman–Crippen LogP) is 5.63. The van der Waals surface area contributed by atoms with Crippen molar-refractivity contribution in [3.63, 3.8) is 0 Å². The maximum absolute atomic E-state index is 5.81. The summed E-state index contributed by atoms with van der Waals surface area (Å²) in [6.07, 6.45) is 7.70. The van der Waals surface area contributed by atoms with Gasteiger partial charge in [-0.1, -0.05) is 65.8 Å². The predicted molar refractivity (Wildman–Crippen MR) is 92.1 cm³/mol. The van der Waals surface area contributed by atoms with Crippen molar-refractivity contribution in [2.75, 3.05) is 7.11 Å². The molecule has 1 aliphatic rings. The topological polar surface area (TPSA) is 9.23 Å². The van der Waals surface area contributed by atoms with Crippen molar-refractivity contribution >= 4 is 5.57 Å². The minimum Gasteiger partial charge on any atom is -0.496 e. The van der Waals surface area contributed by atoms with Gasteiger partial charge in [-0.25, -0.2) is 0 Å². The van der Waals surface area contributed by atoms with Gasteiger partial charge in [0.25, 0.3) is 0 Å². The van der Waals surface area contributed by atoms with Crippen LogP contribution in [-0.4, -0.2) is 7.11 Å². The number of methoxy groups -OCH3 is 1. The van der Waals surface area contributed by atoms with E-state index >= 15 is 0 Å². The molecule has 1 nitrogen and oxygen atoms in total. The van der Waals surface area contributed by atoms with Crippen LogP contribution >= 0.6 is 0 Å². The van der Waals surface area contributed by atoms with E-state index in [9.17, 15) is 0 Å². The van der Waals surface area contributed by atoms with Crippen molar-refractivity contribution in [1.82, 2.24) is 0 Å². The summed E-state index contributed by atoms with van der Waals surface area (Å²) < 4.78 is 5.81. The molecule has 0 fully saturated rings. The molecule has 2 rings (SSSR count). The zero-order chi connectivity index (χ0) is 15.8. The number of benzene rings is 1. The Balaban J connectivity index is 2.76. The van der Waals surface area contributed by atoms with Crippen molar-refractivity contribution < 1.29 is 4.74 Å². The summed E-state index contributed by atoms with van der Waals surface area (Å²) in [7, 11) is 1.78. The first-order chi connectivity index (χ1) is 9.64. The Labute approximate surface area is 129 Å². The number of allylic oxidation sites excluding steroid dienone is 4. The average molecular weight is 284 g/mol. The summed E-state index contributed by atoms with van der Waals surface area (Å²) in [5, 5.41) is 0. The van der Waals surface area contributed by atoms with Gasteiger partial charge in [-0.3, -0.25) is 0 Å². The summed E-state index contributed by atoms with van der Waals surface area (Å²) in [5.74, 6) is 1.02. The molecule has 1 aliphatic carbocycles. The van der Waals surface area contributed by atoms with Crippen LogP contribution in [0.2, 0.25) is 0 Å². The molecular formula is C20H28O. The fourth-order valence-corrected chi connectivity index (χ4v) is 2.71. The summed E-state index contributed by atoms with van der Waals surface area (Å²) in [4.78, 5) is 0. The lowest BCUT2D eigenvalue weighted by atomic mass is 9.78. The summed E-state index contributed by atoms with van der Waals surface area (Å²) in [5.41, 5.74) is 5.35. The van der Waals surface area contributed by atoms with E-state index in [1.54, 1.807) is 7.11 Å². The van der Waals surface area contributed by atoms with E-state index in [1.165, 1.54) is 22.3 Å². The van der Waals surface area contributed by atoms with Gasteiger partial charge >= 0.3 is 0 Å². The molecule has 0 saturated carbocycles.